The second-order valence-electron chi connectivity index (χ2n) is 2.95. The van der Waals surface area contributed by atoms with E-state index in [-0.39, 0.29) is 5.82 Å². The van der Waals surface area contributed by atoms with E-state index in [1.165, 1.54) is 12.1 Å². The molecular formula is C9H8ClFN2. The quantitative estimate of drug-likeness (QED) is 0.624. The number of fused-ring (bicyclic) bond motifs is 1. The molecule has 0 N–H and O–H groups in total. The van der Waals surface area contributed by atoms with Gasteiger partial charge in [-0.2, -0.15) is 0 Å². The average molecular weight is 199 g/mol. The normalized spacial score (nSPS) is 15.3. The number of hydrogen-bond acceptors (Lipinski definition) is 2. The zero-order valence-electron chi connectivity index (χ0n) is 7.09. The zero-order valence-corrected chi connectivity index (χ0v) is 7.85. The summed E-state index contributed by atoms with van der Waals surface area (Å²) in [4.78, 5) is 5.92. The maximum Gasteiger partial charge on any atom is 0.135 e. The third-order valence-electron chi connectivity index (χ3n) is 2.01. The Hall–Kier alpha value is -1.09. The van der Waals surface area contributed by atoms with Crippen molar-refractivity contribution in [2.45, 2.75) is 0 Å². The molecule has 1 heterocycles. The van der Waals surface area contributed by atoms with Crippen LogP contribution in [0.25, 0.3) is 0 Å². The molecule has 1 aliphatic heterocycles. The van der Waals surface area contributed by atoms with Gasteiger partial charge in [0.1, 0.15) is 17.7 Å². The van der Waals surface area contributed by atoms with Gasteiger partial charge in [0.25, 0.3) is 0 Å². The van der Waals surface area contributed by atoms with Crippen molar-refractivity contribution in [3.63, 3.8) is 0 Å². The van der Waals surface area contributed by atoms with Crippen LogP contribution in [0.5, 0.6) is 0 Å². The largest absolute Gasteiger partial charge is 0.355 e. The van der Waals surface area contributed by atoms with E-state index < -0.39 is 0 Å². The Balaban J connectivity index is 2.59. The molecule has 0 saturated heterocycles. The molecule has 0 aliphatic carbocycles. The highest BCUT2D eigenvalue weighted by molar-refractivity contribution is 6.70. The lowest BCUT2D eigenvalue weighted by Crippen LogP contribution is -2.24. The maximum atomic E-state index is 12.9. The fourth-order valence-electron chi connectivity index (χ4n) is 1.32. The van der Waals surface area contributed by atoms with Crippen LogP contribution in [0.15, 0.2) is 23.2 Å². The van der Waals surface area contributed by atoms with Crippen molar-refractivity contribution in [3.05, 3.63) is 29.6 Å². The molecule has 0 bridgehead atoms. The molecule has 0 saturated carbocycles. The minimum Gasteiger partial charge on any atom is -0.355 e. The Morgan fingerprint density at radius 2 is 2.31 bits per heavy atom. The van der Waals surface area contributed by atoms with E-state index in [0.717, 1.165) is 11.3 Å². The number of nitrogens with zero attached hydrogens (tertiary/aromatic N) is 2. The van der Waals surface area contributed by atoms with Crippen LogP contribution in [-0.4, -0.2) is 18.9 Å². The van der Waals surface area contributed by atoms with E-state index in [9.17, 15) is 4.39 Å². The van der Waals surface area contributed by atoms with Gasteiger partial charge < -0.3 is 4.90 Å². The van der Waals surface area contributed by atoms with Crippen LogP contribution in [-0.2, 0) is 0 Å². The average Bonchev–Trinajstić information content (AvgIpc) is 2.12. The molecule has 4 heteroatoms. The van der Waals surface area contributed by atoms with Gasteiger partial charge >= 0.3 is 0 Å². The van der Waals surface area contributed by atoms with E-state index in [1.807, 2.05) is 11.9 Å². The first kappa shape index (κ1) is 8.51. The lowest BCUT2D eigenvalue weighted by Gasteiger charge is -2.24. The predicted octanol–water partition coefficient (Wildman–Crippen LogP) is 2.22. The third kappa shape index (κ3) is 1.40. The van der Waals surface area contributed by atoms with Gasteiger partial charge in [0.2, 0.25) is 0 Å². The van der Waals surface area contributed by atoms with Crippen molar-refractivity contribution >= 4 is 22.5 Å². The highest BCUT2D eigenvalue weighted by Crippen LogP contribution is 2.26. The Morgan fingerprint density at radius 1 is 1.54 bits per heavy atom. The van der Waals surface area contributed by atoms with Crippen LogP contribution in [0.1, 0.15) is 5.56 Å². The van der Waals surface area contributed by atoms with Crippen molar-refractivity contribution < 1.29 is 4.39 Å². The minimum absolute atomic E-state index is 0.253. The molecule has 1 aromatic rings. The molecule has 0 spiro atoms. The van der Waals surface area contributed by atoms with Gasteiger partial charge in [-0.3, -0.25) is 4.99 Å². The first-order valence-electron chi connectivity index (χ1n) is 3.89. The lowest BCUT2D eigenvalue weighted by molar-refractivity contribution is 0.627. The number of rotatable bonds is 0. The van der Waals surface area contributed by atoms with E-state index in [4.69, 9.17) is 11.6 Å². The number of benzene rings is 1. The molecule has 0 radical (unpaired) electrons. The summed E-state index contributed by atoms with van der Waals surface area (Å²) in [5.41, 5.74) is 1.58. The summed E-state index contributed by atoms with van der Waals surface area (Å²) in [7, 11) is 1.85. The van der Waals surface area contributed by atoms with Crippen molar-refractivity contribution in [1.29, 1.82) is 0 Å². The third-order valence-corrected chi connectivity index (χ3v) is 2.34. The second-order valence-corrected chi connectivity index (χ2v) is 3.31. The molecule has 0 atom stereocenters. The maximum absolute atomic E-state index is 12.9. The zero-order chi connectivity index (χ0) is 9.42. The molecule has 68 valence electrons. The SMILES string of the molecule is CN1CN=C(Cl)c2ccc(F)cc21. The standard InChI is InChI=1S/C9H8ClFN2/c1-13-5-12-9(10)7-3-2-6(11)4-8(7)13/h2-4H,5H2,1H3. The summed E-state index contributed by atoms with van der Waals surface area (Å²) in [6.07, 6.45) is 0. The van der Waals surface area contributed by atoms with Gasteiger partial charge in [0.15, 0.2) is 0 Å². The fraction of sp³-hybridized carbons (Fsp3) is 0.222. The summed E-state index contributed by atoms with van der Waals surface area (Å²) in [5.74, 6) is -0.253. The summed E-state index contributed by atoms with van der Waals surface area (Å²) < 4.78 is 12.9. The highest BCUT2D eigenvalue weighted by atomic mass is 35.5. The summed E-state index contributed by atoms with van der Waals surface area (Å²) in [5, 5.41) is 0.452. The Labute approximate surface area is 80.6 Å². The second kappa shape index (κ2) is 3.00. The Kier molecular flexibility index (Phi) is 1.96. The molecule has 0 amide bonds. The summed E-state index contributed by atoms with van der Waals surface area (Å²) in [6.45, 7) is 0.481. The smallest absolute Gasteiger partial charge is 0.135 e. The van der Waals surface area contributed by atoms with E-state index >= 15 is 0 Å². The topological polar surface area (TPSA) is 15.6 Å². The van der Waals surface area contributed by atoms with Crippen molar-refractivity contribution in [3.8, 4) is 0 Å². The molecule has 2 nitrogen and oxygen atoms in total. The predicted molar refractivity (Wildman–Crippen MR) is 52.1 cm³/mol. The van der Waals surface area contributed by atoms with Crippen LogP contribution in [0, 0.1) is 5.82 Å². The fourth-order valence-corrected chi connectivity index (χ4v) is 1.54. The number of aliphatic imine (C=N–C) groups is 1. The molecule has 2 rings (SSSR count). The Bertz CT molecular complexity index is 376. The molecule has 0 aromatic heterocycles. The van der Waals surface area contributed by atoms with Crippen LogP contribution >= 0.6 is 11.6 Å². The molecule has 13 heavy (non-hydrogen) atoms. The number of anilines is 1. The van der Waals surface area contributed by atoms with Gasteiger partial charge in [-0.05, 0) is 18.2 Å². The molecule has 0 fully saturated rings. The van der Waals surface area contributed by atoms with Crippen molar-refractivity contribution in [1.82, 2.24) is 0 Å². The van der Waals surface area contributed by atoms with Crippen LogP contribution < -0.4 is 4.90 Å². The molecular weight excluding hydrogens is 191 g/mol. The van der Waals surface area contributed by atoms with Crippen molar-refractivity contribution in [2.75, 3.05) is 18.6 Å². The minimum atomic E-state index is -0.253. The first-order chi connectivity index (χ1) is 6.18. The number of hydrogen-bond donors (Lipinski definition) is 0. The van der Waals surface area contributed by atoms with Gasteiger partial charge in [-0.25, -0.2) is 4.39 Å². The summed E-state index contributed by atoms with van der Waals surface area (Å²) in [6, 6.07) is 4.49. The van der Waals surface area contributed by atoms with Crippen molar-refractivity contribution in [2.24, 2.45) is 4.99 Å². The van der Waals surface area contributed by atoms with Gasteiger partial charge in [0.05, 0.1) is 5.69 Å². The first-order valence-corrected chi connectivity index (χ1v) is 4.27. The summed E-state index contributed by atoms with van der Waals surface area (Å²) >= 11 is 5.87. The van der Waals surface area contributed by atoms with Crippen LogP contribution in [0.4, 0.5) is 10.1 Å². The van der Waals surface area contributed by atoms with E-state index in [0.29, 0.717) is 11.8 Å². The van der Waals surface area contributed by atoms with E-state index in [2.05, 4.69) is 4.99 Å². The van der Waals surface area contributed by atoms with Gasteiger partial charge in [0, 0.05) is 12.6 Å². The lowest BCUT2D eigenvalue weighted by atomic mass is 10.1. The molecule has 0 unspecified atom stereocenters. The monoisotopic (exact) mass is 198 g/mol. The van der Waals surface area contributed by atoms with Crippen LogP contribution in [0.3, 0.4) is 0 Å². The van der Waals surface area contributed by atoms with Gasteiger partial charge in [-0.1, -0.05) is 11.6 Å². The van der Waals surface area contributed by atoms with Gasteiger partial charge in [-0.15, -0.1) is 0 Å². The molecule has 1 aromatic carbocycles. The van der Waals surface area contributed by atoms with E-state index in [1.54, 1.807) is 6.07 Å². The number of halogens is 2. The molecule has 1 aliphatic rings. The Morgan fingerprint density at radius 3 is 3.08 bits per heavy atom. The van der Waals surface area contributed by atoms with Crippen LogP contribution in [0.2, 0.25) is 0 Å². The highest BCUT2D eigenvalue weighted by Gasteiger charge is 2.16.